The van der Waals surface area contributed by atoms with E-state index in [4.69, 9.17) is 17.7 Å². The minimum Gasteiger partial charge on any atom is -0.421 e. The van der Waals surface area contributed by atoms with E-state index in [2.05, 4.69) is 26.2 Å². The maximum Gasteiger partial charge on any atom is 0.500 e. The highest BCUT2D eigenvalue weighted by Crippen LogP contribution is 2.21. The molecule has 0 saturated heterocycles. The summed E-state index contributed by atoms with van der Waals surface area (Å²) in [5, 5.41) is 0. The van der Waals surface area contributed by atoms with Crippen molar-refractivity contribution in [3.8, 4) is 0 Å². The van der Waals surface area contributed by atoms with Crippen LogP contribution in [0, 0.1) is 0 Å². The van der Waals surface area contributed by atoms with E-state index in [9.17, 15) is 0 Å². The quantitative estimate of drug-likeness (QED) is 0.581. The summed E-state index contributed by atoms with van der Waals surface area (Å²) in [6.45, 7) is 9.23. The number of hydrogen-bond acceptors (Lipinski definition) is 4. The topological polar surface area (TPSA) is 36.9 Å². The van der Waals surface area contributed by atoms with Gasteiger partial charge < -0.3 is 17.7 Å². The molecule has 0 atom stereocenters. The third kappa shape index (κ3) is 7.17. The van der Waals surface area contributed by atoms with Gasteiger partial charge in [-0.25, -0.2) is 0 Å². The Morgan fingerprint density at radius 2 is 1.39 bits per heavy atom. The first-order chi connectivity index (χ1) is 8.31. The zero-order valence-corrected chi connectivity index (χ0v) is 16.2. The van der Waals surface area contributed by atoms with E-state index >= 15 is 0 Å². The Labute approximate surface area is 116 Å². The van der Waals surface area contributed by atoms with Crippen LogP contribution in [0.25, 0.3) is 0 Å². The van der Waals surface area contributed by atoms with Crippen LogP contribution >= 0.6 is 0 Å². The first-order valence-corrected chi connectivity index (χ1v) is 14.8. The highest BCUT2D eigenvalue weighted by Gasteiger charge is 2.38. The van der Waals surface area contributed by atoms with Crippen molar-refractivity contribution in [1.82, 2.24) is 0 Å². The van der Waals surface area contributed by atoms with Gasteiger partial charge in [-0.3, -0.25) is 0 Å². The van der Waals surface area contributed by atoms with Crippen LogP contribution in [-0.2, 0) is 17.7 Å². The van der Waals surface area contributed by atoms with Gasteiger partial charge in [0.25, 0.3) is 0 Å². The van der Waals surface area contributed by atoms with E-state index in [-0.39, 0.29) is 0 Å². The molecule has 0 bridgehead atoms. The Bertz CT molecular complexity index is 212. The highest BCUT2D eigenvalue weighted by molar-refractivity contribution is 6.72. The molecule has 0 aromatic rings. The molecule has 0 aromatic carbocycles. The fourth-order valence-electron chi connectivity index (χ4n) is 1.75. The van der Waals surface area contributed by atoms with Crippen LogP contribution in [-0.4, -0.2) is 53.5 Å². The molecule has 110 valence electrons. The van der Waals surface area contributed by atoms with Crippen molar-refractivity contribution in [3.05, 3.63) is 0 Å². The van der Waals surface area contributed by atoms with Gasteiger partial charge in [-0.15, -0.1) is 0 Å². The molecule has 0 aliphatic carbocycles. The van der Waals surface area contributed by atoms with E-state index in [1.807, 2.05) is 0 Å². The van der Waals surface area contributed by atoms with Crippen LogP contribution < -0.4 is 0 Å². The summed E-state index contributed by atoms with van der Waals surface area (Å²) < 4.78 is 22.4. The normalized spacial score (nSPS) is 13.3. The van der Waals surface area contributed by atoms with Crippen LogP contribution in [0.2, 0.25) is 38.3 Å². The molecule has 0 amide bonds. The summed E-state index contributed by atoms with van der Waals surface area (Å²) in [4.78, 5) is 0. The monoisotopic (exact) mass is 310 g/mol. The predicted molar refractivity (Wildman–Crippen MR) is 83.3 cm³/mol. The lowest BCUT2D eigenvalue weighted by Crippen LogP contribution is -2.43. The summed E-state index contributed by atoms with van der Waals surface area (Å²) in [5.41, 5.74) is 0. The lowest BCUT2D eigenvalue weighted by Gasteiger charge is -2.27. The molecule has 0 aliphatic heterocycles. The Balaban J connectivity index is 4.07. The summed E-state index contributed by atoms with van der Waals surface area (Å²) in [6.07, 6.45) is 2.06. The molecular weight excluding hydrogens is 280 g/mol. The van der Waals surface area contributed by atoms with E-state index < -0.39 is 25.9 Å². The molecule has 0 heterocycles. The van der Waals surface area contributed by atoms with Crippen molar-refractivity contribution >= 4 is 25.9 Å². The minimum atomic E-state index is -2.39. The molecule has 0 rings (SSSR count). The van der Waals surface area contributed by atoms with Crippen molar-refractivity contribution in [2.24, 2.45) is 0 Å². The third-order valence-electron chi connectivity index (χ3n) is 3.00. The fraction of sp³-hybridized carbons (Fsp3) is 1.00. The van der Waals surface area contributed by atoms with Crippen molar-refractivity contribution in [1.29, 1.82) is 0 Å². The third-order valence-corrected chi connectivity index (χ3v) is 9.51. The lowest BCUT2D eigenvalue weighted by atomic mass is 10.6. The Morgan fingerprint density at radius 1 is 0.889 bits per heavy atom. The summed E-state index contributed by atoms with van der Waals surface area (Å²) in [5.74, 6) is 0. The second-order valence-electron chi connectivity index (χ2n) is 5.61. The fourth-order valence-corrected chi connectivity index (χ4v) is 8.14. The largest absolute Gasteiger partial charge is 0.500 e. The van der Waals surface area contributed by atoms with Crippen LogP contribution in [0.1, 0.15) is 6.42 Å². The smallest absolute Gasteiger partial charge is 0.421 e. The molecule has 7 heteroatoms. The van der Waals surface area contributed by atoms with E-state index in [0.717, 1.165) is 24.7 Å². The maximum absolute atomic E-state index is 6.10. The summed E-state index contributed by atoms with van der Waals surface area (Å²) in [7, 11) is 0.499. The average Bonchev–Trinajstić information content (AvgIpc) is 2.33. The van der Waals surface area contributed by atoms with E-state index in [1.165, 1.54) is 0 Å². The van der Waals surface area contributed by atoms with Crippen molar-refractivity contribution in [2.75, 3.05) is 27.6 Å². The molecule has 0 spiro atoms. The van der Waals surface area contributed by atoms with Crippen LogP contribution in [0.4, 0.5) is 0 Å². The minimum absolute atomic E-state index is 0.609. The van der Waals surface area contributed by atoms with Crippen molar-refractivity contribution in [3.63, 3.8) is 0 Å². The van der Waals surface area contributed by atoms with Crippen molar-refractivity contribution < 1.29 is 17.7 Å². The average molecular weight is 311 g/mol. The SMILES string of the molecule is CO[Si](CCC[Si](C)(C)OC[SiH](C)C)(OC)OC. The van der Waals surface area contributed by atoms with Gasteiger partial charge in [-0.05, 0) is 25.6 Å². The van der Waals surface area contributed by atoms with Gasteiger partial charge in [-0.2, -0.15) is 0 Å². The molecule has 18 heavy (non-hydrogen) atoms. The maximum atomic E-state index is 6.10. The lowest BCUT2D eigenvalue weighted by molar-refractivity contribution is 0.123. The van der Waals surface area contributed by atoms with Gasteiger partial charge in [-0.1, -0.05) is 13.1 Å². The molecule has 0 aromatic heterocycles. The second kappa shape index (κ2) is 8.62. The number of rotatable bonds is 10. The molecule has 0 fully saturated rings. The number of hydrogen-bond donors (Lipinski definition) is 0. The zero-order valence-electron chi connectivity index (χ0n) is 13.0. The van der Waals surface area contributed by atoms with Gasteiger partial charge in [0.05, 0.1) is 8.80 Å². The molecule has 0 saturated carbocycles. The first-order valence-electron chi connectivity index (χ1n) is 6.60. The predicted octanol–water partition coefficient (Wildman–Crippen LogP) is 2.50. The second-order valence-corrected chi connectivity index (χ2v) is 16.1. The Morgan fingerprint density at radius 3 is 1.78 bits per heavy atom. The van der Waals surface area contributed by atoms with Gasteiger partial charge >= 0.3 is 8.80 Å². The van der Waals surface area contributed by atoms with Gasteiger partial charge in [0, 0.05) is 33.6 Å². The van der Waals surface area contributed by atoms with E-state index in [0.29, 0.717) is 0 Å². The van der Waals surface area contributed by atoms with Gasteiger partial charge in [0.15, 0.2) is 8.32 Å². The van der Waals surface area contributed by atoms with Crippen LogP contribution in [0.5, 0.6) is 0 Å². The molecule has 4 nitrogen and oxygen atoms in total. The van der Waals surface area contributed by atoms with Crippen LogP contribution in [0.15, 0.2) is 0 Å². The van der Waals surface area contributed by atoms with E-state index in [1.54, 1.807) is 21.3 Å². The first kappa shape index (κ1) is 18.5. The highest BCUT2D eigenvalue weighted by atomic mass is 28.4. The zero-order chi connectivity index (χ0) is 14.2. The summed E-state index contributed by atoms with van der Waals surface area (Å²) >= 11 is 0. The molecule has 0 aliphatic rings. The van der Waals surface area contributed by atoms with Crippen molar-refractivity contribution in [2.45, 2.75) is 44.7 Å². The molecule has 0 unspecified atom stereocenters. The van der Waals surface area contributed by atoms with Gasteiger partial charge in [0.1, 0.15) is 0 Å². The molecule has 0 radical (unpaired) electrons. The Kier molecular flexibility index (Phi) is 8.85. The standard InChI is InChI=1S/C11H30O4Si3/c1-12-18(13-2,14-3)10-8-9-17(6,7)15-11-16(4)5/h16H,8-11H2,1-7H3. The molecular formula is C11H30O4Si3. The van der Waals surface area contributed by atoms with Crippen LogP contribution in [0.3, 0.4) is 0 Å². The Hall–Kier alpha value is 0.491. The molecule has 0 N–H and O–H groups in total. The van der Waals surface area contributed by atoms with Gasteiger partial charge in [0.2, 0.25) is 0 Å². The summed E-state index contributed by atoms with van der Waals surface area (Å²) in [6, 6.07) is 2.01.